The molecule has 1 aromatic heterocycles. The van der Waals surface area contributed by atoms with Gasteiger partial charge in [-0.25, -0.2) is 4.68 Å². The van der Waals surface area contributed by atoms with E-state index in [1.165, 1.54) is 22.3 Å². The van der Waals surface area contributed by atoms with Gasteiger partial charge < -0.3 is 10.1 Å². The van der Waals surface area contributed by atoms with Crippen molar-refractivity contribution < 1.29 is 4.74 Å². The number of rotatable bonds is 4. The fraction of sp³-hybridized carbons (Fsp3) is 0.286. The molecule has 0 fully saturated rings. The van der Waals surface area contributed by atoms with Crippen molar-refractivity contribution in [2.75, 3.05) is 6.61 Å². The molecule has 0 spiro atoms. The first-order valence-electron chi connectivity index (χ1n) is 8.75. The second-order valence-electron chi connectivity index (χ2n) is 6.73. The van der Waals surface area contributed by atoms with Gasteiger partial charge in [-0.3, -0.25) is 0 Å². The molecule has 25 heavy (non-hydrogen) atoms. The summed E-state index contributed by atoms with van der Waals surface area (Å²) in [4.78, 5) is 0. The number of para-hydroxylation sites is 1. The Morgan fingerprint density at radius 2 is 2.08 bits per heavy atom. The predicted molar refractivity (Wildman–Crippen MR) is 99.3 cm³/mol. The second kappa shape index (κ2) is 6.73. The number of ether oxygens (including phenoxy) is 1. The summed E-state index contributed by atoms with van der Waals surface area (Å²) in [7, 11) is 0. The number of benzene rings is 2. The van der Waals surface area contributed by atoms with Crippen molar-refractivity contribution in [1.82, 2.24) is 15.1 Å². The Labute approximate surface area is 148 Å². The normalized spacial score (nSPS) is 16.3. The van der Waals surface area contributed by atoms with E-state index in [0.29, 0.717) is 12.6 Å². The quantitative estimate of drug-likeness (QED) is 0.793. The molecule has 1 aliphatic heterocycles. The van der Waals surface area contributed by atoms with Crippen molar-refractivity contribution in [2.45, 2.75) is 32.9 Å². The zero-order valence-corrected chi connectivity index (χ0v) is 14.7. The van der Waals surface area contributed by atoms with Crippen LogP contribution in [0.4, 0.5) is 0 Å². The third kappa shape index (κ3) is 3.30. The first kappa shape index (κ1) is 15.9. The summed E-state index contributed by atoms with van der Waals surface area (Å²) >= 11 is 0. The molecule has 3 aromatic rings. The molecule has 1 atom stereocenters. The van der Waals surface area contributed by atoms with Crippen LogP contribution in [-0.2, 0) is 13.0 Å². The largest absolute Gasteiger partial charge is 0.492 e. The van der Waals surface area contributed by atoms with Gasteiger partial charge in [-0.05, 0) is 60.7 Å². The van der Waals surface area contributed by atoms with Crippen LogP contribution < -0.4 is 10.1 Å². The molecule has 1 aliphatic rings. The molecule has 0 bridgehead atoms. The third-order valence-corrected chi connectivity index (χ3v) is 4.79. The van der Waals surface area contributed by atoms with Gasteiger partial charge in [-0.15, -0.1) is 0 Å². The van der Waals surface area contributed by atoms with Gasteiger partial charge in [-0.1, -0.05) is 24.3 Å². The minimum Gasteiger partial charge on any atom is -0.492 e. The van der Waals surface area contributed by atoms with E-state index in [1.807, 2.05) is 35.3 Å². The highest BCUT2D eigenvalue weighted by molar-refractivity contribution is 5.48. The molecule has 0 amide bonds. The fourth-order valence-corrected chi connectivity index (χ4v) is 3.53. The third-order valence-electron chi connectivity index (χ3n) is 4.79. The average molecular weight is 333 g/mol. The molecule has 4 nitrogen and oxygen atoms in total. The second-order valence-corrected chi connectivity index (χ2v) is 6.73. The molecule has 2 heterocycles. The molecule has 0 saturated heterocycles. The molecular weight excluding hydrogens is 310 g/mol. The first-order chi connectivity index (χ1) is 12.2. The molecular formula is C21H23N3O. The standard InChI is InChI=1S/C21H23N3O/c1-15-10-16(2)19(20(11-15)24-9-5-8-23-24)13-22-18-12-17-6-3-4-7-21(17)25-14-18/h3-11,18,22H,12-14H2,1-2H3/t18-/m1/s1. The maximum atomic E-state index is 5.90. The number of aromatic nitrogens is 2. The van der Waals surface area contributed by atoms with E-state index in [0.717, 1.165) is 24.4 Å². The van der Waals surface area contributed by atoms with Crippen molar-refractivity contribution in [3.63, 3.8) is 0 Å². The summed E-state index contributed by atoms with van der Waals surface area (Å²) in [5.74, 6) is 1.02. The van der Waals surface area contributed by atoms with E-state index in [2.05, 4.69) is 48.5 Å². The summed E-state index contributed by atoms with van der Waals surface area (Å²) in [6.07, 6.45) is 4.82. The molecule has 0 aliphatic carbocycles. The summed E-state index contributed by atoms with van der Waals surface area (Å²) < 4.78 is 7.84. The van der Waals surface area contributed by atoms with Gasteiger partial charge in [0.2, 0.25) is 0 Å². The lowest BCUT2D eigenvalue weighted by atomic mass is 10.0. The van der Waals surface area contributed by atoms with Gasteiger partial charge in [0, 0.05) is 25.0 Å². The van der Waals surface area contributed by atoms with Gasteiger partial charge in [0.1, 0.15) is 12.4 Å². The van der Waals surface area contributed by atoms with Crippen LogP contribution in [0.1, 0.15) is 22.3 Å². The number of aryl methyl sites for hydroxylation is 2. The van der Waals surface area contributed by atoms with Crippen LogP contribution in [0, 0.1) is 13.8 Å². The van der Waals surface area contributed by atoms with Gasteiger partial charge >= 0.3 is 0 Å². The lowest BCUT2D eigenvalue weighted by molar-refractivity contribution is 0.238. The van der Waals surface area contributed by atoms with Crippen molar-refractivity contribution in [3.05, 3.63) is 77.1 Å². The molecule has 0 saturated carbocycles. The van der Waals surface area contributed by atoms with E-state index < -0.39 is 0 Å². The number of fused-ring (bicyclic) bond motifs is 1. The Kier molecular flexibility index (Phi) is 4.28. The lowest BCUT2D eigenvalue weighted by Crippen LogP contribution is -2.39. The Morgan fingerprint density at radius 3 is 2.92 bits per heavy atom. The highest BCUT2D eigenvalue weighted by atomic mass is 16.5. The highest BCUT2D eigenvalue weighted by Crippen LogP contribution is 2.25. The number of hydrogen-bond donors (Lipinski definition) is 1. The lowest BCUT2D eigenvalue weighted by Gasteiger charge is -2.27. The van der Waals surface area contributed by atoms with Crippen LogP contribution >= 0.6 is 0 Å². The zero-order chi connectivity index (χ0) is 17.2. The minimum atomic E-state index is 0.320. The Hall–Kier alpha value is -2.59. The topological polar surface area (TPSA) is 39.1 Å². The average Bonchev–Trinajstić information content (AvgIpc) is 3.15. The molecule has 1 N–H and O–H groups in total. The maximum Gasteiger partial charge on any atom is 0.122 e. The summed E-state index contributed by atoms with van der Waals surface area (Å²) in [5, 5.41) is 8.09. The molecule has 0 unspecified atom stereocenters. The Bertz CT molecular complexity index is 871. The molecule has 4 rings (SSSR count). The zero-order valence-electron chi connectivity index (χ0n) is 14.7. The van der Waals surface area contributed by atoms with Crippen LogP contribution in [0.15, 0.2) is 54.9 Å². The minimum absolute atomic E-state index is 0.320. The van der Waals surface area contributed by atoms with Gasteiger partial charge in [0.15, 0.2) is 0 Å². The van der Waals surface area contributed by atoms with Crippen LogP contribution in [-0.4, -0.2) is 22.4 Å². The van der Waals surface area contributed by atoms with Crippen LogP contribution in [0.3, 0.4) is 0 Å². The SMILES string of the molecule is Cc1cc(C)c(CN[C@H]2COc3ccccc3C2)c(-n2cccn2)c1. The monoisotopic (exact) mass is 333 g/mol. The smallest absolute Gasteiger partial charge is 0.122 e. The van der Waals surface area contributed by atoms with E-state index >= 15 is 0 Å². The van der Waals surface area contributed by atoms with E-state index in [4.69, 9.17) is 4.74 Å². The first-order valence-corrected chi connectivity index (χ1v) is 8.75. The van der Waals surface area contributed by atoms with E-state index in [1.54, 1.807) is 0 Å². The van der Waals surface area contributed by atoms with Crippen LogP contribution in [0.2, 0.25) is 0 Å². The van der Waals surface area contributed by atoms with Crippen molar-refractivity contribution >= 4 is 0 Å². The van der Waals surface area contributed by atoms with E-state index in [-0.39, 0.29) is 0 Å². The maximum absolute atomic E-state index is 5.90. The van der Waals surface area contributed by atoms with Crippen molar-refractivity contribution in [1.29, 1.82) is 0 Å². The predicted octanol–water partition coefficient (Wildman–Crippen LogP) is 3.58. The van der Waals surface area contributed by atoms with Crippen LogP contribution in [0.5, 0.6) is 5.75 Å². The summed E-state index contributed by atoms with van der Waals surface area (Å²) in [6, 6.07) is 15.0. The van der Waals surface area contributed by atoms with Crippen LogP contribution in [0.25, 0.3) is 5.69 Å². The van der Waals surface area contributed by atoms with Crippen molar-refractivity contribution in [3.8, 4) is 11.4 Å². The summed E-state index contributed by atoms with van der Waals surface area (Å²) in [6.45, 7) is 5.81. The Morgan fingerprint density at radius 1 is 1.20 bits per heavy atom. The van der Waals surface area contributed by atoms with E-state index in [9.17, 15) is 0 Å². The number of nitrogens with one attached hydrogen (secondary N) is 1. The van der Waals surface area contributed by atoms with Gasteiger partial charge in [0.25, 0.3) is 0 Å². The Balaban J connectivity index is 1.54. The molecule has 128 valence electrons. The van der Waals surface area contributed by atoms with Gasteiger partial charge in [-0.2, -0.15) is 5.10 Å². The van der Waals surface area contributed by atoms with Crippen molar-refractivity contribution in [2.24, 2.45) is 0 Å². The molecule has 4 heteroatoms. The molecule has 0 radical (unpaired) electrons. The summed E-state index contributed by atoms with van der Waals surface area (Å²) in [5.41, 5.74) is 6.25. The molecule has 2 aromatic carbocycles. The number of hydrogen-bond acceptors (Lipinski definition) is 3. The highest BCUT2D eigenvalue weighted by Gasteiger charge is 2.20. The fourth-order valence-electron chi connectivity index (χ4n) is 3.53. The number of nitrogens with zero attached hydrogens (tertiary/aromatic N) is 2. The van der Waals surface area contributed by atoms with Gasteiger partial charge in [0.05, 0.1) is 5.69 Å².